The number of nitrogens with one attached hydrogen (secondary N) is 1. The second-order valence-electron chi connectivity index (χ2n) is 5.41. The summed E-state index contributed by atoms with van der Waals surface area (Å²) in [4.78, 5) is 12.1. The van der Waals surface area contributed by atoms with Crippen molar-refractivity contribution in [1.82, 2.24) is 5.32 Å². The van der Waals surface area contributed by atoms with Gasteiger partial charge in [-0.15, -0.1) is 0 Å². The minimum Gasteiger partial charge on any atom is -0.347 e. The molecule has 3 heteroatoms. The summed E-state index contributed by atoms with van der Waals surface area (Å²) in [6.07, 6.45) is 2.46. The molecular formula is C14H18BrNO. The molecule has 2 nitrogen and oxygen atoms in total. The lowest BCUT2D eigenvalue weighted by Gasteiger charge is -2.26. The zero-order chi connectivity index (χ0) is 12.6. The number of rotatable bonds is 3. The Balaban J connectivity index is 2.11. The van der Waals surface area contributed by atoms with E-state index in [0.29, 0.717) is 5.92 Å². The summed E-state index contributed by atoms with van der Waals surface area (Å²) in [5.41, 5.74) is 1.74. The van der Waals surface area contributed by atoms with Gasteiger partial charge in [-0.05, 0) is 63.3 Å². The van der Waals surface area contributed by atoms with Crippen LogP contribution in [0.2, 0.25) is 0 Å². The highest BCUT2D eigenvalue weighted by molar-refractivity contribution is 9.10. The van der Waals surface area contributed by atoms with E-state index in [1.54, 1.807) is 0 Å². The van der Waals surface area contributed by atoms with Gasteiger partial charge < -0.3 is 5.32 Å². The summed E-state index contributed by atoms with van der Waals surface area (Å²) in [6, 6.07) is 5.70. The zero-order valence-corrected chi connectivity index (χ0v) is 12.1. The van der Waals surface area contributed by atoms with E-state index in [1.807, 2.05) is 25.1 Å². The lowest BCUT2D eigenvalue weighted by atomic mass is 9.98. The molecule has 1 amide bonds. The molecule has 0 aliphatic heterocycles. The van der Waals surface area contributed by atoms with Gasteiger partial charge in [0.1, 0.15) is 0 Å². The quantitative estimate of drug-likeness (QED) is 0.906. The van der Waals surface area contributed by atoms with Gasteiger partial charge in [0.15, 0.2) is 0 Å². The number of benzene rings is 1. The highest BCUT2D eigenvalue weighted by Gasteiger charge is 2.38. The Kier molecular flexibility index (Phi) is 3.30. The minimum absolute atomic E-state index is 0.0255. The van der Waals surface area contributed by atoms with Crippen LogP contribution >= 0.6 is 15.9 Å². The van der Waals surface area contributed by atoms with Crippen LogP contribution in [0, 0.1) is 12.8 Å². The number of aryl methyl sites for hydroxylation is 1. The molecule has 0 saturated heterocycles. The Morgan fingerprint density at radius 1 is 1.41 bits per heavy atom. The van der Waals surface area contributed by atoms with Crippen LogP contribution in [0.3, 0.4) is 0 Å². The average Bonchev–Trinajstić information content (AvgIpc) is 3.04. The van der Waals surface area contributed by atoms with Crippen molar-refractivity contribution in [2.45, 2.75) is 39.2 Å². The molecule has 1 N–H and O–H groups in total. The Morgan fingerprint density at radius 3 is 2.59 bits per heavy atom. The maximum atomic E-state index is 12.1. The molecule has 1 saturated carbocycles. The molecule has 0 spiro atoms. The predicted molar refractivity (Wildman–Crippen MR) is 73.1 cm³/mol. The standard InChI is InChI=1S/C14H18BrNO/c1-9-8-10(4-7-12(9)15)13(17)16-14(2,3)11-5-6-11/h4,7-8,11H,5-6H2,1-3H3,(H,16,17). The van der Waals surface area contributed by atoms with Crippen molar-refractivity contribution >= 4 is 21.8 Å². The second kappa shape index (κ2) is 4.45. The Labute approximate surface area is 111 Å². The third-order valence-corrected chi connectivity index (χ3v) is 4.34. The first-order valence-electron chi connectivity index (χ1n) is 5.99. The van der Waals surface area contributed by atoms with Crippen molar-refractivity contribution in [1.29, 1.82) is 0 Å². The molecule has 92 valence electrons. The van der Waals surface area contributed by atoms with Crippen LogP contribution in [-0.2, 0) is 0 Å². The van der Waals surface area contributed by atoms with E-state index in [9.17, 15) is 4.79 Å². The molecule has 0 unspecified atom stereocenters. The lowest BCUT2D eigenvalue weighted by Crippen LogP contribution is -2.45. The van der Waals surface area contributed by atoms with Crippen molar-refractivity contribution in [3.63, 3.8) is 0 Å². The molecule has 0 heterocycles. The first kappa shape index (κ1) is 12.6. The smallest absolute Gasteiger partial charge is 0.251 e. The van der Waals surface area contributed by atoms with Gasteiger partial charge in [-0.25, -0.2) is 0 Å². The molecule has 0 bridgehead atoms. The Bertz CT molecular complexity index is 450. The summed E-state index contributed by atoms with van der Waals surface area (Å²) < 4.78 is 1.04. The fraction of sp³-hybridized carbons (Fsp3) is 0.500. The fourth-order valence-corrected chi connectivity index (χ4v) is 2.30. The van der Waals surface area contributed by atoms with Gasteiger partial charge in [-0.2, -0.15) is 0 Å². The molecule has 2 rings (SSSR count). The van der Waals surface area contributed by atoms with E-state index in [4.69, 9.17) is 0 Å². The maximum Gasteiger partial charge on any atom is 0.251 e. The monoisotopic (exact) mass is 295 g/mol. The van der Waals surface area contributed by atoms with E-state index < -0.39 is 0 Å². The van der Waals surface area contributed by atoms with Crippen molar-refractivity contribution < 1.29 is 4.79 Å². The Morgan fingerprint density at radius 2 is 2.06 bits per heavy atom. The van der Waals surface area contributed by atoms with Crippen molar-refractivity contribution in [2.24, 2.45) is 5.92 Å². The van der Waals surface area contributed by atoms with Crippen molar-refractivity contribution in [3.8, 4) is 0 Å². The van der Waals surface area contributed by atoms with Crippen LogP contribution in [0.1, 0.15) is 42.6 Å². The lowest BCUT2D eigenvalue weighted by molar-refractivity contribution is 0.0903. The fourth-order valence-electron chi connectivity index (χ4n) is 2.06. The molecule has 1 aromatic carbocycles. The number of carbonyl (C=O) groups excluding carboxylic acids is 1. The first-order valence-corrected chi connectivity index (χ1v) is 6.78. The SMILES string of the molecule is Cc1cc(C(=O)NC(C)(C)C2CC2)ccc1Br. The highest BCUT2D eigenvalue weighted by atomic mass is 79.9. The highest BCUT2D eigenvalue weighted by Crippen LogP contribution is 2.39. The van der Waals surface area contributed by atoms with Gasteiger partial charge in [0.2, 0.25) is 0 Å². The summed E-state index contributed by atoms with van der Waals surface area (Å²) in [6.45, 7) is 6.20. The van der Waals surface area contributed by atoms with Crippen molar-refractivity contribution in [2.75, 3.05) is 0 Å². The van der Waals surface area contributed by atoms with E-state index in [-0.39, 0.29) is 11.4 Å². The molecule has 1 aliphatic rings. The summed E-state index contributed by atoms with van der Waals surface area (Å²) >= 11 is 3.44. The van der Waals surface area contributed by atoms with Crippen LogP contribution < -0.4 is 5.32 Å². The number of halogens is 1. The first-order chi connectivity index (χ1) is 7.90. The normalized spacial score (nSPS) is 15.8. The number of carbonyl (C=O) groups is 1. The molecular weight excluding hydrogens is 278 g/mol. The average molecular weight is 296 g/mol. The third-order valence-electron chi connectivity index (χ3n) is 3.45. The van der Waals surface area contributed by atoms with Crippen molar-refractivity contribution in [3.05, 3.63) is 33.8 Å². The van der Waals surface area contributed by atoms with Crippen LogP contribution in [0.5, 0.6) is 0 Å². The number of amides is 1. The second-order valence-corrected chi connectivity index (χ2v) is 6.27. The van der Waals surface area contributed by atoms with Crippen LogP contribution in [0.15, 0.2) is 22.7 Å². The van der Waals surface area contributed by atoms with Gasteiger partial charge in [0, 0.05) is 15.6 Å². The van der Waals surface area contributed by atoms with E-state index in [2.05, 4.69) is 35.1 Å². The summed E-state index contributed by atoms with van der Waals surface area (Å²) in [5.74, 6) is 0.667. The summed E-state index contributed by atoms with van der Waals surface area (Å²) in [5, 5.41) is 3.13. The Hall–Kier alpha value is -0.830. The molecule has 1 aliphatic carbocycles. The molecule has 1 fully saturated rings. The van der Waals surface area contributed by atoms with Crippen LogP contribution in [0.4, 0.5) is 0 Å². The topological polar surface area (TPSA) is 29.1 Å². The van der Waals surface area contributed by atoms with E-state index in [0.717, 1.165) is 15.6 Å². The molecule has 0 radical (unpaired) electrons. The van der Waals surface area contributed by atoms with Gasteiger partial charge in [0.25, 0.3) is 5.91 Å². The molecule has 0 atom stereocenters. The van der Waals surface area contributed by atoms with Crippen LogP contribution in [-0.4, -0.2) is 11.4 Å². The zero-order valence-electron chi connectivity index (χ0n) is 10.5. The molecule has 0 aromatic heterocycles. The number of hydrogen-bond donors (Lipinski definition) is 1. The largest absolute Gasteiger partial charge is 0.347 e. The van der Waals surface area contributed by atoms with E-state index >= 15 is 0 Å². The van der Waals surface area contributed by atoms with E-state index in [1.165, 1.54) is 12.8 Å². The molecule has 1 aromatic rings. The number of hydrogen-bond acceptors (Lipinski definition) is 1. The van der Waals surface area contributed by atoms with Gasteiger partial charge in [-0.3, -0.25) is 4.79 Å². The third kappa shape index (κ3) is 2.89. The van der Waals surface area contributed by atoms with Crippen LogP contribution in [0.25, 0.3) is 0 Å². The van der Waals surface area contributed by atoms with Gasteiger partial charge >= 0.3 is 0 Å². The minimum atomic E-state index is -0.0853. The van der Waals surface area contributed by atoms with Gasteiger partial charge in [-0.1, -0.05) is 15.9 Å². The summed E-state index contributed by atoms with van der Waals surface area (Å²) in [7, 11) is 0. The van der Waals surface area contributed by atoms with Gasteiger partial charge in [0.05, 0.1) is 0 Å². The molecule has 17 heavy (non-hydrogen) atoms. The maximum absolute atomic E-state index is 12.1. The predicted octanol–water partition coefficient (Wildman–Crippen LogP) is 3.68.